The molecule has 0 saturated heterocycles. The molecule has 0 saturated carbocycles. The summed E-state index contributed by atoms with van der Waals surface area (Å²) < 4.78 is 23.8. The molecule has 0 aliphatic heterocycles. The summed E-state index contributed by atoms with van der Waals surface area (Å²) in [6.07, 6.45) is 48.5. The Bertz CT molecular complexity index is 1020. The smallest absolute Gasteiger partial charge is 0.305 e. The summed E-state index contributed by atoms with van der Waals surface area (Å²) in [6.45, 7) is 25.5. The highest BCUT2D eigenvalue weighted by atomic mass is 16.7. The predicted octanol–water partition coefficient (Wildman–Crippen LogP) is 19.6. The van der Waals surface area contributed by atoms with Crippen LogP contribution in [0.1, 0.15) is 307 Å². The molecule has 0 aliphatic rings. The fraction of sp³-hybridized carbons (Fsp3) is 0.885. The summed E-state index contributed by atoms with van der Waals surface area (Å²) in [5.74, 6) is 0.391. The van der Waals surface area contributed by atoms with Crippen molar-refractivity contribution in [2.75, 3.05) is 26.4 Å². The zero-order valence-corrected chi connectivity index (χ0v) is 47.7. The minimum atomic E-state index is -0.359. The third-order valence-electron chi connectivity index (χ3n) is 11.7. The molecule has 0 rings (SSSR count). The van der Waals surface area contributed by atoms with Gasteiger partial charge >= 0.3 is 11.9 Å². The third-order valence-corrected chi connectivity index (χ3v) is 11.7. The fourth-order valence-electron chi connectivity index (χ4n) is 7.48. The maximum absolute atomic E-state index is 12.9. The number of unbranched alkanes of at least 4 members (excludes halogenated alkanes) is 21. The molecule has 0 aliphatic carbocycles. The summed E-state index contributed by atoms with van der Waals surface area (Å²) >= 11 is 0. The number of rotatable bonds is 46. The normalized spacial score (nSPS) is 11.9. The fourth-order valence-corrected chi connectivity index (χ4v) is 7.48. The van der Waals surface area contributed by atoms with E-state index in [0.29, 0.717) is 45.1 Å². The number of hydrogen-bond donors (Lipinski definition) is 0. The van der Waals surface area contributed by atoms with E-state index in [2.05, 4.69) is 93.5 Å². The Balaban J connectivity index is -0.00000117. The van der Waals surface area contributed by atoms with E-state index in [0.717, 1.165) is 77.0 Å². The molecule has 2 unspecified atom stereocenters. The topological polar surface area (TPSA) is 88.1 Å². The van der Waals surface area contributed by atoms with Gasteiger partial charge in [0.2, 0.25) is 0 Å². The lowest BCUT2D eigenvalue weighted by molar-refractivity contribution is -0.161. The van der Waals surface area contributed by atoms with Crippen molar-refractivity contribution < 1.29 is 33.3 Å². The van der Waals surface area contributed by atoms with Gasteiger partial charge in [-0.25, -0.2) is 0 Å². The summed E-state index contributed by atoms with van der Waals surface area (Å²) in [5, 5.41) is 0. The molecule has 406 valence electrons. The van der Waals surface area contributed by atoms with Gasteiger partial charge in [-0.15, -0.1) is 0 Å². The van der Waals surface area contributed by atoms with Gasteiger partial charge in [-0.1, -0.05) is 228 Å². The molecule has 0 amide bonds. The first kappa shape index (κ1) is 72.6. The summed E-state index contributed by atoms with van der Waals surface area (Å²) in [7, 11) is 0. The molecule has 7 heteroatoms. The summed E-state index contributed by atoms with van der Waals surface area (Å²) in [4.78, 5) is 35.8. The van der Waals surface area contributed by atoms with Gasteiger partial charge in [0.05, 0.1) is 19.6 Å². The van der Waals surface area contributed by atoms with Crippen molar-refractivity contribution in [3.05, 3.63) is 24.3 Å². The number of esters is 2. The van der Waals surface area contributed by atoms with Gasteiger partial charge in [-0.05, 0) is 89.4 Å². The zero-order valence-electron chi connectivity index (χ0n) is 47.7. The van der Waals surface area contributed by atoms with Crippen molar-refractivity contribution in [1.29, 1.82) is 0 Å². The Labute approximate surface area is 425 Å². The molecule has 0 radical (unpaired) electrons. The quantitative estimate of drug-likeness (QED) is 0.0260. The van der Waals surface area contributed by atoms with Crippen molar-refractivity contribution in [3.8, 4) is 0 Å². The van der Waals surface area contributed by atoms with E-state index in [9.17, 15) is 14.4 Å². The second-order valence-electron chi connectivity index (χ2n) is 19.2. The molecular formula is C61H120O7. The van der Waals surface area contributed by atoms with E-state index in [-0.39, 0.29) is 36.5 Å². The number of Topliss-reactive ketones (excluding diaryl/α,β-unsaturated/α-hetero) is 1. The lowest BCUT2D eigenvalue weighted by Gasteiger charge is -2.25. The molecule has 0 N–H and O–H groups in total. The number of ether oxygens (including phenoxy) is 4. The number of hydrogen-bond acceptors (Lipinski definition) is 7. The van der Waals surface area contributed by atoms with Gasteiger partial charge in [-0.2, -0.15) is 0 Å². The molecular weight excluding hydrogens is 845 g/mol. The van der Waals surface area contributed by atoms with Crippen LogP contribution in [0.25, 0.3) is 0 Å². The summed E-state index contributed by atoms with van der Waals surface area (Å²) in [5.41, 5.74) is 0. The van der Waals surface area contributed by atoms with Gasteiger partial charge in [0.1, 0.15) is 5.78 Å². The van der Waals surface area contributed by atoms with E-state index < -0.39 is 0 Å². The van der Waals surface area contributed by atoms with Crippen LogP contribution in [0.4, 0.5) is 0 Å². The molecule has 0 aromatic heterocycles. The summed E-state index contributed by atoms with van der Waals surface area (Å²) in [6, 6.07) is 0. The van der Waals surface area contributed by atoms with E-state index >= 15 is 0 Å². The average molecular weight is 966 g/mol. The third kappa shape index (κ3) is 64.0. The number of allylic oxidation sites excluding steroid dienone is 4. The molecule has 0 spiro atoms. The minimum absolute atomic E-state index is 0.100. The van der Waals surface area contributed by atoms with Crippen molar-refractivity contribution >= 4 is 17.7 Å². The van der Waals surface area contributed by atoms with Gasteiger partial charge in [0, 0.05) is 32.5 Å². The standard InChI is InChI=1S/C47H88O6.C8H16O.2C3H8/c1-6-11-14-17-20-21-22-23-24-25-26-27-28-29-32-36-45(48)53-42-44(35-9-4)43(10-5)41-52-46(49)37-38-47(50-39-33-30-18-15-12-7-2)51-40-34-31-19-16-13-8-3;1-3-4-5-6-7-8(2)9;2*1-3-2/h20-21,23-24,43-44,47H,6-19,22,25-42H2,1-5H3;3-7H2,1-2H3;2*3H2,1-2H3/b21-20-,24-23-;;;. The lowest BCUT2D eigenvalue weighted by atomic mass is 9.87. The van der Waals surface area contributed by atoms with Crippen LogP contribution in [-0.4, -0.2) is 50.4 Å². The molecule has 0 heterocycles. The second kappa shape index (κ2) is 65.0. The number of ketones is 1. The Hall–Kier alpha value is -1.99. The van der Waals surface area contributed by atoms with Crippen LogP contribution in [0.5, 0.6) is 0 Å². The molecule has 2 atom stereocenters. The molecule has 68 heavy (non-hydrogen) atoms. The Morgan fingerprint density at radius 1 is 0.397 bits per heavy atom. The van der Waals surface area contributed by atoms with Crippen molar-refractivity contribution in [2.45, 2.75) is 314 Å². The molecule has 0 aromatic carbocycles. The van der Waals surface area contributed by atoms with Crippen LogP contribution < -0.4 is 0 Å². The van der Waals surface area contributed by atoms with Crippen molar-refractivity contribution in [1.82, 2.24) is 0 Å². The second-order valence-corrected chi connectivity index (χ2v) is 19.2. The first-order valence-corrected chi connectivity index (χ1v) is 29.5. The highest BCUT2D eigenvalue weighted by Gasteiger charge is 2.23. The van der Waals surface area contributed by atoms with Gasteiger partial charge in [-0.3, -0.25) is 9.59 Å². The van der Waals surface area contributed by atoms with E-state index in [1.54, 1.807) is 6.92 Å². The molecule has 0 fully saturated rings. The highest BCUT2D eigenvalue weighted by Crippen LogP contribution is 2.23. The van der Waals surface area contributed by atoms with Crippen LogP contribution in [0, 0.1) is 11.8 Å². The van der Waals surface area contributed by atoms with E-state index in [1.165, 1.54) is 135 Å². The van der Waals surface area contributed by atoms with Crippen molar-refractivity contribution in [2.24, 2.45) is 11.8 Å². The molecule has 7 nitrogen and oxygen atoms in total. The van der Waals surface area contributed by atoms with Gasteiger partial charge < -0.3 is 23.7 Å². The molecule has 0 aromatic rings. The lowest BCUT2D eigenvalue weighted by Crippen LogP contribution is -2.27. The Morgan fingerprint density at radius 2 is 0.779 bits per heavy atom. The van der Waals surface area contributed by atoms with Gasteiger partial charge in [0.25, 0.3) is 0 Å². The maximum atomic E-state index is 12.9. The highest BCUT2D eigenvalue weighted by molar-refractivity contribution is 5.75. The number of carbonyl (C=O) groups excluding carboxylic acids is 3. The van der Waals surface area contributed by atoms with Gasteiger partial charge in [0.15, 0.2) is 6.29 Å². The minimum Gasteiger partial charge on any atom is -0.465 e. The number of carbonyl (C=O) groups is 3. The van der Waals surface area contributed by atoms with Crippen LogP contribution in [0.3, 0.4) is 0 Å². The molecule has 0 bridgehead atoms. The first-order chi connectivity index (χ1) is 33.1. The zero-order chi connectivity index (χ0) is 51.4. The average Bonchev–Trinajstić information content (AvgIpc) is 3.32. The van der Waals surface area contributed by atoms with Crippen molar-refractivity contribution in [3.63, 3.8) is 0 Å². The van der Waals surface area contributed by atoms with Crippen LogP contribution in [0.2, 0.25) is 0 Å². The maximum Gasteiger partial charge on any atom is 0.305 e. The predicted molar refractivity (Wildman–Crippen MR) is 297 cm³/mol. The van der Waals surface area contributed by atoms with Crippen LogP contribution in [0.15, 0.2) is 24.3 Å². The monoisotopic (exact) mass is 965 g/mol. The SMILES string of the molecule is CCC.CCC.CCCCC/C=C\C/C=C\CCCCCCCC(=O)OCC(CCC)C(CC)COC(=O)CCC(OCCCCCCCC)OCCCCCCCC.CCCCCCC(C)=O. The first-order valence-electron chi connectivity index (χ1n) is 29.5. The largest absolute Gasteiger partial charge is 0.465 e. The Morgan fingerprint density at radius 3 is 1.25 bits per heavy atom. The Kier molecular flexibility index (Phi) is 69.4. The van der Waals surface area contributed by atoms with E-state index in [4.69, 9.17) is 18.9 Å². The van der Waals surface area contributed by atoms with Crippen LogP contribution in [-0.2, 0) is 33.3 Å². The van der Waals surface area contributed by atoms with Crippen LogP contribution >= 0.6 is 0 Å². The van der Waals surface area contributed by atoms with E-state index in [1.807, 2.05) is 0 Å².